The van der Waals surface area contributed by atoms with E-state index in [1.807, 2.05) is 30.5 Å². The van der Waals surface area contributed by atoms with E-state index in [0.717, 1.165) is 11.3 Å². The van der Waals surface area contributed by atoms with Crippen LogP contribution in [0.4, 0.5) is 11.5 Å². The number of anilines is 1. The van der Waals surface area contributed by atoms with Crippen molar-refractivity contribution in [3.05, 3.63) is 81.4 Å². The third-order valence-corrected chi connectivity index (χ3v) is 5.78. The second kappa shape index (κ2) is 10.2. The number of nitrogens with one attached hydrogen (secondary N) is 1. The van der Waals surface area contributed by atoms with E-state index in [4.69, 9.17) is 9.47 Å². The van der Waals surface area contributed by atoms with Crippen molar-refractivity contribution in [3.63, 3.8) is 0 Å². The maximum absolute atomic E-state index is 12.5. The summed E-state index contributed by atoms with van der Waals surface area (Å²) in [5.74, 6) is 1.32. The second-order valence-electron chi connectivity index (χ2n) is 7.34. The monoisotopic (exact) mass is 491 g/mol. The lowest BCUT2D eigenvalue weighted by molar-refractivity contribution is -0.384. The Morgan fingerprint density at radius 1 is 1.11 bits per heavy atom. The zero-order valence-corrected chi connectivity index (χ0v) is 19.9. The predicted octanol–water partition coefficient (Wildman–Crippen LogP) is 4.88. The highest BCUT2D eigenvalue weighted by molar-refractivity contribution is 7.12. The number of methoxy groups -OCH3 is 2. The summed E-state index contributed by atoms with van der Waals surface area (Å²) in [5.41, 5.74) is 2.94. The van der Waals surface area contributed by atoms with Gasteiger partial charge in [0.1, 0.15) is 5.82 Å². The first kappa shape index (κ1) is 23.6. The largest absolute Gasteiger partial charge is 0.493 e. The molecule has 2 aromatic heterocycles. The number of thiazole rings is 1. The maximum Gasteiger partial charge on any atom is 0.269 e. The van der Waals surface area contributed by atoms with Gasteiger partial charge in [-0.3, -0.25) is 14.9 Å². The molecule has 4 rings (SSSR count). The standard InChI is InChI=1S/C24H21N5O5S/c1-15-12-22(26-23(30)11-6-16-4-8-18(9-5-16)29(31)32)28(27-15)24-25-19(14-35-24)17-7-10-20(33-2)21(13-17)34-3/h4-14H,1-3H3,(H,26,30)/b11-6+. The van der Waals surface area contributed by atoms with Crippen LogP contribution in [-0.2, 0) is 4.79 Å². The molecule has 0 spiro atoms. The number of rotatable bonds is 8. The van der Waals surface area contributed by atoms with Crippen LogP contribution in [0.1, 0.15) is 11.3 Å². The molecule has 178 valence electrons. The second-order valence-corrected chi connectivity index (χ2v) is 8.18. The lowest BCUT2D eigenvalue weighted by Gasteiger charge is -2.08. The Hall–Kier alpha value is -4.51. The Balaban J connectivity index is 1.52. The molecule has 0 saturated carbocycles. The fourth-order valence-corrected chi connectivity index (χ4v) is 4.07. The quantitative estimate of drug-likeness (QED) is 0.212. The number of hydrogen-bond acceptors (Lipinski definition) is 8. The van der Waals surface area contributed by atoms with E-state index in [9.17, 15) is 14.9 Å². The number of nitro groups is 1. The zero-order chi connectivity index (χ0) is 24.9. The molecule has 0 aliphatic heterocycles. The van der Waals surface area contributed by atoms with Crippen molar-refractivity contribution in [2.75, 3.05) is 19.5 Å². The fraction of sp³-hybridized carbons (Fsp3) is 0.125. The van der Waals surface area contributed by atoms with Gasteiger partial charge in [0.2, 0.25) is 11.0 Å². The summed E-state index contributed by atoms with van der Waals surface area (Å²) in [6.07, 6.45) is 2.93. The number of aryl methyl sites for hydroxylation is 1. The first-order valence-corrected chi connectivity index (χ1v) is 11.2. The van der Waals surface area contributed by atoms with Gasteiger partial charge >= 0.3 is 0 Å². The minimum absolute atomic E-state index is 0.0121. The van der Waals surface area contributed by atoms with Gasteiger partial charge in [-0.15, -0.1) is 11.3 Å². The molecule has 10 nitrogen and oxygen atoms in total. The maximum atomic E-state index is 12.5. The number of non-ortho nitro benzene ring substituents is 1. The van der Waals surface area contributed by atoms with Gasteiger partial charge in [-0.25, -0.2) is 4.98 Å². The van der Waals surface area contributed by atoms with Gasteiger partial charge < -0.3 is 14.8 Å². The van der Waals surface area contributed by atoms with E-state index in [-0.39, 0.29) is 11.6 Å². The molecule has 0 unspecified atom stereocenters. The van der Waals surface area contributed by atoms with Crippen LogP contribution >= 0.6 is 11.3 Å². The van der Waals surface area contributed by atoms with Gasteiger partial charge in [-0.05, 0) is 48.9 Å². The number of nitro benzene ring substituents is 1. The number of benzene rings is 2. The van der Waals surface area contributed by atoms with Crippen molar-refractivity contribution in [1.82, 2.24) is 14.8 Å². The summed E-state index contributed by atoms with van der Waals surface area (Å²) in [4.78, 5) is 27.5. The molecule has 0 aliphatic rings. The van der Waals surface area contributed by atoms with E-state index < -0.39 is 4.92 Å². The van der Waals surface area contributed by atoms with Crippen molar-refractivity contribution in [2.45, 2.75) is 6.92 Å². The fourth-order valence-electron chi connectivity index (χ4n) is 3.27. The van der Waals surface area contributed by atoms with Gasteiger partial charge in [0.25, 0.3) is 5.69 Å². The number of carbonyl (C=O) groups is 1. The smallest absolute Gasteiger partial charge is 0.269 e. The lowest BCUT2D eigenvalue weighted by Crippen LogP contribution is -2.12. The van der Waals surface area contributed by atoms with E-state index >= 15 is 0 Å². The summed E-state index contributed by atoms with van der Waals surface area (Å²) in [6, 6.07) is 13.2. The van der Waals surface area contributed by atoms with E-state index in [1.165, 1.54) is 29.5 Å². The van der Waals surface area contributed by atoms with Crippen LogP contribution in [0.25, 0.3) is 22.5 Å². The summed E-state index contributed by atoms with van der Waals surface area (Å²) >= 11 is 1.38. The zero-order valence-electron chi connectivity index (χ0n) is 19.1. The van der Waals surface area contributed by atoms with E-state index in [1.54, 1.807) is 43.2 Å². The molecule has 11 heteroatoms. The molecule has 0 saturated heterocycles. The van der Waals surface area contributed by atoms with Crippen LogP contribution in [0.15, 0.2) is 60.0 Å². The first-order valence-electron chi connectivity index (χ1n) is 10.4. The Bertz CT molecular complexity index is 1410. The van der Waals surface area contributed by atoms with Crippen molar-refractivity contribution >= 4 is 34.8 Å². The van der Waals surface area contributed by atoms with Crippen LogP contribution in [0, 0.1) is 17.0 Å². The highest BCUT2D eigenvalue weighted by Crippen LogP contribution is 2.33. The topological polar surface area (TPSA) is 121 Å². The van der Waals surface area contributed by atoms with Gasteiger partial charge in [0.05, 0.1) is 30.5 Å². The van der Waals surface area contributed by atoms with E-state index in [0.29, 0.717) is 33.7 Å². The van der Waals surface area contributed by atoms with E-state index in [2.05, 4.69) is 15.4 Å². The van der Waals surface area contributed by atoms with Crippen molar-refractivity contribution in [2.24, 2.45) is 0 Å². The average Bonchev–Trinajstić information content (AvgIpc) is 3.49. The Labute approximate surface area is 204 Å². The molecule has 1 amide bonds. The summed E-state index contributed by atoms with van der Waals surface area (Å²) in [7, 11) is 3.15. The molecule has 0 aliphatic carbocycles. The predicted molar refractivity (Wildman–Crippen MR) is 133 cm³/mol. The van der Waals surface area contributed by atoms with Crippen molar-refractivity contribution in [3.8, 4) is 27.9 Å². The molecule has 35 heavy (non-hydrogen) atoms. The Morgan fingerprint density at radius 3 is 2.54 bits per heavy atom. The van der Waals surface area contributed by atoms with Gasteiger partial charge in [0, 0.05) is 35.2 Å². The number of carbonyl (C=O) groups excluding carboxylic acids is 1. The number of nitrogens with zero attached hydrogens (tertiary/aromatic N) is 4. The average molecular weight is 492 g/mol. The highest BCUT2D eigenvalue weighted by Gasteiger charge is 2.15. The van der Waals surface area contributed by atoms with Crippen LogP contribution in [-0.4, -0.2) is 39.8 Å². The van der Waals surface area contributed by atoms with Crippen LogP contribution in [0.5, 0.6) is 11.5 Å². The number of ether oxygens (including phenoxy) is 2. The molecule has 0 atom stereocenters. The minimum Gasteiger partial charge on any atom is -0.493 e. The first-order chi connectivity index (χ1) is 16.9. The molecular formula is C24H21N5O5S. The molecular weight excluding hydrogens is 470 g/mol. The lowest BCUT2D eigenvalue weighted by atomic mass is 10.1. The van der Waals surface area contributed by atoms with Crippen LogP contribution < -0.4 is 14.8 Å². The SMILES string of the molecule is COc1ccc(-c2csc(-n3nc(C)cc3NC(=O)/C=C/c3ccc([N+](=O)[O-])cc3)n2)cc1OC. The molecule has 1 N–H and O–H groups in total. The highest BCUT2D eigenvalue weighted by atomic mass is 32.1. The number of amides is 1. The number of aromatic nitrogens is 3. The molecule has 2 heterocycles. The molecule has 2 aromatic carbocycles. The summed E-state index contributed by atoms with van der Waals surface area (Å²) < 4.78 is 12.2. The molecule has 0 radical (unpaired) electrons. The third kappa shape index (κ3) is 5.36. The van der Waals surface area contributed by atoms with Gasteiger partial charge in [0.15, 0.2) is 11.5 Å². The van der Waals surface area contributed by atoms with Gasteiger partial charge in [-0.1, -0.05) is 0 Å². The van der Waals surface area contributed by atoms with Crippen LogP contribution in [0.3, 0.4) is 0 Å². The van der Waals surface area contributed by atoms with Crippen LogP contribution in [0.2, 0.25) is 0 Å². The third-order valence-electron chi connectivity index (χ3n) is 4.97. The van der Waals surface area contributed by atoms with Gasteiger partial charge in [-0.2, -0.15) is 9.78 Å². The summed E-state index contributed by atoms with van der Waals surface area (Å²) in [5, 5.41) is 20.5. The normalized spacial score (nSPS) is 10.9. The number of hydrogen-bond donors (Lipinski definition) is 1. The Kier molecular flexibility index (Phi) is 6.88. The molecule has 4 aromatic rings. The summed E-state index contributed by atoms with van der Waals surface area (Å²) in [6.45, 7) is 1.82. The minimum atomic E-state index is -0.473. The van der Waals surface area contributed by atoms with Crippen molar-refractivity contribution in [1.29, 1.82) is 0 Å². The Morgan fingerprint density at radius 2 is 1.86 bits per heavy atom. The molecule has 0 bridgehead atoms. The van der Waals surface area contributed by atoms with Crippen molar-refractivity contribution < 1.29 is 19.2 Å². The molecule has 0 fully saturated rings.